The second-order valence-corrected chi connectivity index (χ2v) is 3.51. The van der Waals surface area contributed by atoms with E-state index in [4.69, 9.17) is 0 Å². The molecule has 0 atom stereocenters. The van der Waals surface area contributed by atoms with E-state index < -0.39 is 11.7 Å². The van der Waals surface area contributed by atoms with Crippen LogP contribution in [0.5, 0.6) is 0 Å². The molecule has 102 valence electrons. The molecule has 2 heterocycles. The van der Waals surface area contributed by atoms with Crippen molar-refractivity contribution in [2.24, 2.45) is 0 Å². The van der Waals surface area contributed by atoms with Gasteiger partial charge in [-0.15, -0.1) is 0 Å². The van der Waals surface area contributed by atoms with Crippen LogP contribution in [0.15, 0.2) is 12.4 Å². The Kier molecular flexibility index (Phi) is 5.33. The first-order valence-electron chi connectivity index (χ1n) is 5.92. The lowest BCUT2D eigenvalue weighted by Gasteiger charge is -2.27. The number of aromatic nitrogens is 2. The van der Waals surface area contributed by atoms with E-state index in [9.17, 15) is 13.2 Å². The van der Waals surface area contributed by atoms with Gasteiger partial charge in [-0.25, -0.2) is 9.97 Å². The summed E-state index contributed by atoms with van der Waals surface area (Å²) in [6.45, 7) is 7.02. The fraction of sp³-hybridized carbons (Fsp3) is 0.636. The molecular formula is C11H17F3N4. The van der Waals surface area contributed by atoms with Gasteiger partial charge in [0.25, 0.3) is 0 Å². The fourth-order valence-corrected chi connectivity index (χ4v) is 1.50. The van der Waals surface area contributed by atoms with Crippen molar-refractivity contribution in [3.8, 4) is 0 Å². The van der Waals surface area contributed by atoms with Crippen molar-refractivity contribution < 1.29 is 13.2 Å². The van der Waals surface area contributed by atoms with Crippen molar-refractivity contribution in [1.29, 1.82) is 0 Å². The van der Waals surface area contributed by atoms with Gasteiger partial charge in [-0.2, -0.15) is 13.2 Å². The molecule has 18 heavy (non-hydrogen) atoms. The van der Waals surface area contributed by atoms with Gasteiger partial charge in [0.2, 0.25) is 5.95 Å². The molecule has 7 heteroatoms. The summed E-state index contributed by atoms with van der Waals surface area (Å²) in [6, 6.07) is 0. The lowest BCUT2D eigenvalue weighted by Crippen LogP contribution is -2.44. The van der Waals surface area contributed by atoms with E-state index in [2.05, 4.69) is 15.3 Å². The summed E-state index contributed by atoms with van der Waals surface area (Å²) < 4.78 is 36.8. The van der Waals surface area contributed by atoms with E-state index in [1.807, 2.05) is 18.7 Å². The molecule has 1 aromatic heterocycles. The zero-order valence-electron chi connectivity index (χ0n) is 10.5. The number of anilines is 1. The highest BCUT2D eigenvalue weighted by atomic mass is 19.4. The molecule has 1 aliphatic heterocycles. The number of halogens is 3. The SMILES string of the molecule is CC.FC(F)(F)c1cnc(N2CCNCC2)nc1. The maximum Gasteiger partial charge on any atom is 0.419 e. The van der Waals surface area contributed by atoms with E-state index in [-0.39, 0.29) is 0 Å². The molecule has 1 aliphatic rings. The van der Waals surface area contributed by atoms with Gasteiger partial charge in [-0.05, 0) is 0 Å². The highest BCUT2D eigenvalue weighted by molar-refractivity contribution is 5.31. The Bertz CT molecular complexity index is 344. The Morgan fingerprint density at radius 3 is 2.06 bits per heavy atom. The molecule has 1 fully saturated rings. The second-order valence-electron chi connectivity index (χ2n) is 3.51. The van der Waals surface area contributed by atoms with Gasteiger partial charge in [0, 0.05) is 38.6 Å². The van der Waals surface area contributed by atoms with Crippen molar-refractivity contribution in [1.82, 2.24) is 15.3 Å². The average Bonchev–Trinajstić information content (AvgIpc) is 2.41. The van der Waals surface area contributed by atoms with E-state index in [1.54, 1.807) is 0 Å². The second kappa shape index (κ2) is 6.53. The van der Waals surface area contributed by atoms with Crippen molar-refractivity contribution in [2.45, 2.75) is 20.0 Å². The van der Waals surface area contributed by atoms with Crippen LogP contribution in [0.1, 0.15) is 19.4 Å². The van der Waals surface area contributed by atoms with Crippen LogP contribution < -0.4 is 10.2 Å². The van der Waals surface area contributed by atoms with Crippen LogP contribution in [0.25, 0.3) is 0 Å². The Hall–Kier alpha value is -1.37. The van der Waals surface area contributed by atoms with Crippen LogP contribution in [-0.2, 0) is 6.18 Å². The lowest BCUT2D eigenvalue weighted by molar-refractivity contribution is -0.138. The van der Waals surface area contributed by atoms with Gasteiger partial charge in [0.1, 0.15) is 0 Å². The minimum Gasteiger partial charge on any atom is -0.338 e. The molecule has 0 radical (unpaired) electrons. The summed E-state index contributed by atoms with van der Waals surface area (Å²) in [5.41, 5.74) is -0.814. The first-order valence-corrected chi connectivity index (χ1v) is 5.92. The number of nitrogens with one attached hydrogen (secondary N) is 1. The van der Waals surface area contributed by atoms with E-state index >= 15 is 0 Å². The Labute approximate surface area is 104 Å². The summed E-state index contributed by atoms with van der Waals surface area (Å²) in [5, 5.41) is 3.14. The van der Waals surface area contributed by atoms with Crippen LogP contribution in [-0.4, -0.2) is 36.1 Å². The minimum absolute atomic E-state index is 0.356. The van der Waals surface area contributed by atoms with E-state index in [1.165, 1.54) is 0 Å². The standard InChI is InChI=1S/C9H11F3N4.C2H6/c10-9(11,12)7-5-14-8(15-6-7)16-3-1-13-2-4-16;1-2/h5-6,13H,1-4H2;1-2H3. The highest BCUT2D eigenvalue weighted by Crippen LogP contribution is 2.28. The van der Waals surface area contributed by atoms with Gasteiger partial charge in [-0.3, -0.25) is 0 Å². The van der Waals surface area contributed by atoms with Crippen LogP contribution in [0.4, 0.5) is 19.1 Å². The van der Waals surface area contributed by atoms with Crippen molar-refractivity contribution >= 4 is 5.95 Å². The van der Waals surface area contributed by atoms with Crippen LogP contribution in [0.2, 0.25) is 0 Å². The summed E-state index contributed by atoms with van der Waals surface area (Å²) in [4.78, 5) is 9.33. The molecular weight excluding hydrogens is 245 g/mol. The first kappa shape index (κ1) is 14.7. The molecule has 0 aliphatic carbocycles. The van der Waals surface area contributed by atoms with Crippen LogP contribution in [0, 0.1) is 0 Å². The first-order chi connectivity index (χ1) is 8.57. The van der Waals surface area contributed by atoms with Crippen molar-refractivity contribution in [3.63, 3.8) is 0 Å². The predicted octanol–water partition coefficient (Wildman–Crippen LogP) is 1.93. The largest absolute Gasteiger partial charge is 0.419 e. The molecule has 1 N–H and O–H groups in total. The number of hydrogen-bond donors (Lipinski definition) is 1. The number of nitrogens with zero attached hydrogens (tertiary/aromatic N) is 3. The van der Waals surface area contributed by atoms with E-state index in [0.717, 1.165) is 25.5 Å². The van der Waals surface area contributed by atoms with Crippen LogP contribution in [0.3, 0.4) is 0 Å². The third kappa shape index (κ3) is 3.83. The predicted molar refractivity (Wildman–Crippen MR) is 63.5 cm³/mol. The third-order valence-corrected chi connectivity index (χ3v) is 2.37. The molecule has 4 nitrogen and oxygen atoms in total. The normalized spacial score (nSPS) is 15.9. The van der Waals surface area contributed by atoms with Crippen molar-refractivity contribution in [3.05, 3.63) is 18.0 Å². The molecule has 0 unspecified atom stereocenters. The number of hydrogen-bond acceptors (Lipinski definition) is 4. The Balaban J connectivity index is 0.000000771. The quantitative estimate of drug-likeness (QED) is 0.839. The van der Waals surface area contributed by atoms with Gasteiger partial charge in [0.05, 0.1) is 5.56 Å². The fourth-order valence-electron chi connectivity index (χ4n) is 1.50. The smallest absolute Gasteiger partial charge is 0.338 e. The Morgan fingerprint density at radius 2 is 1.61 bits per heavy atom. The molecule has 1 saturated heterocycles. The van der Waals surface area contributed by atoms with Crippen molar-refractivity contribution in [2.75, 3.05) is 31.1 Å². The molecule has 2 rings (SSSR count). The van der Waals surface area contributed by atoms with Gasteiger partial charge in [-0.1, -0.05) is 13.8 Å². The molecule has 0 saturated carbocycles. The minimum atomic E-state index is -4.37. The molecule has 0 spiro atoms. The number of rotatable bonds is 1. The molecule has 0 amide bonds. The number of alkyl halides is 3. The molecule has 0 aromatic carbocycles. The maximum absolute atomic E-state index is 12.3. The van der Waals surface area contributed by atoms with Gasteiger partial charge >= 0.3 is 6.18 Å². The monoisotopic (exact) mass is 262 g/mol. The number of piperazine rings is 1. The zero-order valence-corrected chi connectivity index (χ0v) is 10.5. The average molecular weight is 262 g/mol. The topological polar surface area (TPSA) is 41.1 Å². The lowest BCUT2D eigenvalue weighted by atomic mass is 10.3. The summed E-state index contributed by atoms with van der Waals surface area (Å²) in [5.74, 6) is 0.356. The van der Waals surface area contributed by atoms with E-state index in [0.29, 0.717) is 19.0 Å². The summed E-state index contributed by atoms with van der Waals surface area (Å²) in [7, 11) is 0. The van der Waals surface area contributed by atoms with Gasteiger partial charge in [0.15, 0.2) is 0 Å². The van der Waals surface area contributed by atoms with Crippen LogP contribution >= 0.6 is 0 Å². The third-order valence-electron chi connectivity index (χ3n) is 2.37. The summed E-state index contributed by atoms with van der Waals surface area (Å²) >= 11 is 0. The molecule has 0 bridgehead atoms. The zero-order chi connectivity index (χ0) is 13.6. The Morgan fingerprint density at radius 1 is 1.11 bits per heavy atom. The molecule has 1 aromatic rings. The highest BCUT2D eigenvalue weighted by Gasteiger charge is 2.31. The summed E-state index contributed by atoms with van der Waals surface area (Å²) in [6.07, 6.45) is -2.73. The van der Waals surface area contributed by atoms with Gasteiger partial charge < -0.3 is 10.2 Å². The maximum atomic E-state index is 12.3.